The first-order chi connectivity index (χ1) is 10.3. The van der Waals surface area contributed by atoms with Crippen LogP contribution < -0.4 is 0 Å². The van der Waals surface area contributed by atoms with E-state index >= 15 is 0 Å². The maximum absolute atomic E-state index is 12.4. The molecule has 0 aliphatic carbocycles. The summed E-state index contributed by atoms with van der Waals surface area (Å²) in [5.74, 6) is -0.928. The van der Waals surface area contributed by atoms with Crippen molar-refractivity contribution in [2.24, 2.45) is 0 Å². The topological polar surface area (TPSA) is 26.3 Å². The van der Waals surface area contributed by atoms with Crippen LogP contribution >= 0.6 is 0 Å². The number of hydrogen-bond acceptors (Lipinski definition) is 2. The third-order valence-corrected chi connectivity index (χ3v) is 3.48. The minimum Gasteiger partial charge on any atom is -0.455 e. The second kappa shape index (κ2) is 6.22. The van der Waals surface area contributed by atoms with Gasteiger partial charge in [0.05, 0.1) is 0 Å². The molecule has 2 aromatic rings. The van der Waals surface area contributed by atoms with Crippen LogP contribution in [0, 0.1) is 0 Å². The molecule has 0 aliphatic rings. The Labute approximate surface area is 126 Å². The molecule has 2 aromatic carbocycles. The summed E-state index contributed by atoms with van der Waals surface area (Å²) >= 11 is 0. The van der Waals surface area contributed by atoms with Gasteiger partial charge in [-0.15, -0.1) is 0 Å². The molecule has 0 saturated carbocycles. The van der Waals surface area contributed by atoms with E-state index < -0.39 is 24.2 Å². The summed E-state index contributed by atoms with van der Waals surface area (Å²) in [7, 11) is 0. The number of benzene rings is 2. The molecule has 0 N–H and O–H groups in total. The molecule has 0 saturated heterocycles. The monoisotopic (exact) mass is 308 g/mol. The summed E-state index contributed by atoms with van der Waals surface area (Å²) in [6.45, 7) is -0.0303. The lowest BCUT2D eigenvalue weighted by atomic mass is 9.76. The predicted octanol–water partition coefficient (Wildman–Crippen LogP) is 4.10. The molecule has 0 unspecified atom stereocenters. The normalized spacial score (nSPS) is 12.0. The lowest BCUT2D eigenvalue weighted by Crippen LogP contribution is -2.37. The lowest BCUT2D eigenvalue weighted by molar-refractivity contribution is -0.189. The van der Waals surface area contributed by atoms with Crippen LogP contribution in [-0.4, -0.2) is 18.8 Å². The number of carbonyl (C=O) groups excluding carboxylic acids is 1. The number of ether oxygens (including phenoxy) is 1. The number of esters is 1. The molecular formula is C17H15F3O2. The van der Waals surface area contributed by atoms with Crippen LogP contribution in [0.15, 0.2) is 60.7 Å². The average molecular weight is 308 g/mol. The molecule has 0 radical (unpaired) electrons. The molecule has 0 heterocycles. The molecule has 5 heteroatoms. The predicted molar refractivity (Wildman–Crippen MR) is 76.4 cm³/mol. The van der Waals surface area contributed by atoms with Crippen LogP contribution in [0.5, 0.6) is 0 Å². The Morgan fingerprint density at radius 2 is 1.32 bits per heavy atom. The number of alkyl halides is 3. The zero-order chi connectivity index (χ0) is 16.2. The lowest BCUT2D eigenvalue weighted by Gasteiger charge is -2.28. The highest BCUT2D eigenvalue weighted by molar-refractivity contribution is 5.87. The standard InChI is InChI=1S/C17H15F3O2/c1-16(13-8-4-2-5-9-13,14-10-6-3-7-11-14)15(21)22-12-17(18,19)20/h2-11H,12H2,1H3. The molecule has 22 heavy (non-hydrogen) atoms. The first-order valence-electron chi connectivity index (χ1n) is 6.69. The highest BCUT2D eigenvalue weighted by Gasteiger charge is 2.41. The van der Waals surface area contributed by atoms with Crippen molar-refractivity contribution in [3.8, 4) is 0 Å². The van der Waals surface area contributed by atoms with Crippen molar-refractivity contribution in [2.45, 2.75) is 18.5 Å². The van der Waals surface area contributed by atoms with Gasteiger partial charge in [-0.1, -0.05) is 60.7 Å². The Bertz CT molecular complexity index is 582. The molecular weight excluding hydrogens is 293 g/mol. The summed E-state index contributed by atoms with van der Waals surface area (Å²) in [5.41, 5.74) is -0.143. The second-order valence-electron chi connectivity index (χ2n) is 5.05. The largest absolute Gasteiger partial charge is 0.455 e. The van der Waals surface area contributed by atoms with Crippen molar-refractivity contribution in [1.29, 1.82) is 0 Å². The van der Waals surface area contributed by atoms with Gasteiger partial charge >= 0.3 is 12.1 Å². The van der Waals surface area contributed by atoms with Gasteiger partial charge in [-0.05, 0) is 18.1 Å². The highest BCUT2D eigenvalue weighted by atomic mass is 19.4. The van der Waals surface area contributed by atoms with E-state index in [0.29, 0.717) is 11.1 Å². The van der Waals surface area contributed by atoms with Gasteiger partial charge in [-0.25, -0.2) is 0 Å². The molecule has 0 bridgehead atoms. The van der Waals surface area contributed by atoms with E-state index in [1.807, 2.05) is 0 Å². The molecule has 0 atom stereocenters. The van der Waals surface area contributed by atoms with Crippen LogP contribution in [0.4, 0.5) is 13.2 Å². The Balaban J connectivity index is 2.41. The first-order valence-corrected chi connectivity index (χ1v) is 6.69. The Hall–Kier alpha value is -2.30. The van der Waals surface area contributed by atoms with E-state index in [-0.39, 0.29) is 0 Å². The zero-order valence-electron chi connectivity index (χ0n) is 11.9. The molecule has 0 aliphatic heterocycles. The van der Waals surface area contributed by atoms with Gasteiger partial charge in [-0.3, -0.25) is 4.79 Å². The zero-order valence-corrected chi connectivity index (χ0v) is 11.9. The van der Waals surface area contributed by atoms with Gasteiger partial charge in [0.15, 0.2) is 6.61 Å². The van der Waals surface area contributed by atoms with Gasteiger partial charge < -0.3 is 4.74 Å². The van der Waals surface area contributed by atoms with Crippen molar-refractivity contribution in [1.82, 2.24) is 0 Å². The third-order valence-electron chi connectivity index (χ3n) is 3.48. The summed E-state index contributed by atoms with van der Waals surface area (Å²) in [5, 5.41) is 0. The van der Waals surface area contributed by atoms with Crippen LogP contribution in [0.25, 0.3) is 0 Å². The van der Waals surface area contributed by atoms with Crippen molar-refractivity contribution in [3.05, 3.63) is 71.8 Å². The molecule has 0 fully saturated rings. The number of carbonyl (C=O) groups is 1. The second-order valence-corrected chi connectivity index (χ2v) is 5.05. The van der Waals surface area contributed by atoms with Crippen molar-refractivity contribution < 1.29 is 22.7 Å². The molecule has 2 rings (SSSR count). The number of rotatable bonds is 4. The molecule has 116 valence electrons. The summed E-state index contributed by atoms with van der Waals surface area (Å²) in [4.78, 5) is 12.4. The minimum atomic E-state index is -4.55. The van der Waals surface area contributed by atoms with Crippen molar-refractivity contribution in [2.75, 3.05) is 6.61 Å². The van der Waals surface area contributed by atoms with E-state index in [1.54, 1.807) is 67.6 Å². The number of hydrogen-bond donors (Lipinski definition) is 0. The summed E-state index contributed by atoms with van der Waals surface area (Å²) in [6, 6.07) is 17.3. The van der Waals surface area contributed by atoms with E-state index in [1.165, 1.54) is 0 Å². The fourth-order valence-corrected chi connectivity index (χ4v) is 2.24. The van der Waals surface area contributed by atoms with Crippen LogP contribution in [0.3, 0.4) is 0 Å². The van der Waals surface area contributed by atoms with Crippen LogP contribution in [0.2, 0.25) is 0 Å². The van der Waals surface area contributed by atoms with E-state index in [4.69, 9.17) is 0 Å². The average Bonchev–Trinajstić information content (AvgIpc) is 2.52. The van der Waals surface area contributed by atoms with E-state index in [9.17, 15) is 18.0 Å². The van der Waals surface area contributed by atoms with Crippen LogP contribution in [-0.2, 0) is 14.9 Å². The van der Waals surface area contributed by atoms with Crippen molar-refractivity contribution >= 4 is 5.97 Å². The van der Waals surface area contributed by atoms with Gasteiger partial charge in [0.2, 0.25) is 0 Å². The van der Waals surface area contributed by atoms with Gasteiger partial charge in [0, 0.05) is 0 Å². The van der Waals surface area contributed by atoms with Crippen LogP contribution in [0.1, 0.15) is 18.1 Å². The SMILES string of the molecule is CC(C(=O)OCC(F)(F)F)(c1ccccc1)c1ccccc1. The summed E-state index contributed by atoms with van der Waals surface area (Å²) in [6.07, 6.45) is -4.55. The Kier molecular flexibility index (Phi) is 4.54. The highest BCUT2D eigenvalue weighted by Crippen LogP contribution is 2.33. The van der Waals surface area contributed by atoms with Gasteiger partial charge in [0.25, 0.3) is 0 Å². The maximum Gasteiger partial charge on any atom is 0.422 e. The van der Waals surface area contributed by atoms with Crippen molar-refractivity contribution in [3.63, 3.8) is 0 Å². The fourth-order valence-electron chi connectivity index (χ4n) is 2.24. The molecule has 0 spiro atoms. The first kappa shape index (κ1) is 16.1. The number of halogens is 3. The molecule has 0 aromatic heterocycles. The van der Waals surface area contributed by atoms with Gasteiger partial charge in [-0.2, -0.15) is 13.2 Å². The molecule has 2 nitrogen and oxygen atoms in total. The van der Waals surface area contributed by atoms with E-state index in [0.717, 1.165) is 0 Å². The Morgan fingerprint density at radius 3 is 1.68 bits per heavy atom. The Morgan fingerprint density at radius 1 is 0.909 bits per heavy atom. The quantitative estimate of drug-likeness (QED) is 0.795. The van der Waals surface area contributed by atoms with Gasteiger partial charge in [0.1, 0.15) is 5.41 Å². The van der Waals surface area contributed by atoms with E-state index in [2.05, 4.69) is 4.74 Å². The minimum absolute atomic E-state index is 0.577. The maximum atomic E-state index is 12.4. The summed E-state index contributed by atoms with van der Waals surface area (Å²) < 4.78 is 41.5. The smallest absolute Gasteiger partial charge is 0.422 e. The molecule has 0 amide bonds. The fraction of sp³-hybridized carbons (Fsp3) is 0.235. The third kappa shape index (κ3) is 3.47.